The van der Waals surface area contributed by atoms with Crippen LogP contribution in [-0.2, 0) is 16.1 Å². The van der Waals surface area contributed by atoms with Gasteiger partial charge in [-0.3, -0.25) is 4.79 Å². The molecule has 1 aromatic heterocycles. The highest BCUT2D eigenvalue weighted by Crippen LogP contribution is 2.00. The average Bonchev–Trinajstić information content (AvgIpc) is 3.07. The normalized spacial score (nSPS) is 12.0. The van der Waals surface area contributed by atoms with Crippen molar-refractivity contribution in [1.82, 2.24) is 20.6 Å². The summed E-state index contributed by atoms with van der Waals surface area (Å²) >= 11 is 0. The lowest BCUT2D eigenvalue weighted by molar-refractivity contribution is -0.757. The van der Waals surface area contributed by atoms with Gasteiger partial charge in [0.05, 0.1) is 12.9 Å². The van der Waals surface area contributed by atoms with E-state index in [1.165, 1.54) is 6.33 Å². The van der Waals surface area contributed by atoms with Gasteiger partial charge in [-0.25, -0.2) is 4.98 Å². The molecule has 10 nitrogen and oxygen atoms in total. The van der Waals surface area contributed by atoms with Crippen LogP contribution in [0, 0.1) is 10.1 Å². The molecule has 0 saturated carbocycles. The number of imidazole rings is 1. The van der Waals surface area contributed by atoms with Gasteiger partial charge in [0.1, 0.15) is 6.04 Å². The molecular formula is C15H27N5O5. The van der Waals surface area contributed by atoms with E-state index in [9.17, 15) is 20.0 Å². The molecule has 0 aliphatic rings. The van der Waals surface area contributed by atoms with Crippen LogP contribution < -0.4 is 10.6 Å². The van der Waals surface area contributed by atoms with Gasteiger partial charge in [-0.15, -0.1) is 10.1 Å². The summed E-state index contributed by atoms with van der Waals surface area (Å²) in [7, 11) is 0. The SMILES string of the molecule is O=C(O)[C@H](Cc1cnc[nH]1)NCCCNCCCCCCO[N+](=O)[O-]. The van der Waals surface area contributed by atoms with Gasteiger partial charge < -0.3 is 25.6 Å². The van der Waals surface area contributed by atoms with Crippen molar-refractivity contribution in [2.75, 3.05) is 26.2 Å². The lowest BCUT2D eigenvalue weighted by atomic mass is 10.1. The second-order valence-electron chi connectivity index (χ2n) is 5.70. The van der Waals surface area contributed by atoms with Gasteiger partial charge in [-0.2, -0.15) is 0 Å². The smallest absolute Gasteiger partial charge is 0.321 e. The molecule has 0 aliphatic carbocycles. The van der Waals surface area contributed by atoms with Crippen LogP contribution in [-0.4, -0.2) is 58.4 Å². The zero-order valence-electron chi connectivity index (χ0n) is 14.3. The monoisotopic (exact) mass is 357 g/mol. The topological polar surface area (TPSA) is 142 Å². The first-order valence-electron chi connectivity index (χ1n) is 8.51. The Morgan fingerprint density at radius 2 is 2.04 bits per heavy atom. The number of aromatic amines is 1. The van der Waals surface area contributed by atoms with Crippen LogP contribution in [0.2, 0.25) is 0 Å². The summed E-state index contributed by atoms with van der Waals surface area (Å²) in [5.74, 6) is -0.872. The summed E-state index contributed by atoms with van der Waals surface area (Å²) < 4.78 is 0. The summed E-state index contributed by atoms with van der Waals surface area (Å²) in [5, 5.41) is 24.7. The van der Waals surface area contributed by atoms with Gasteiger partial charge >= 0.3 is 5.97 Å². The minimum atomic E-state index is -0.872. The fraction of sp³-hybridized carbons (Fsp3) is 0.733. The van der Waals surface area contributed by atoms with Gasteiger partial charge in [0.15, 0.2) is 0 Å². The van der Waals surface area contributed by atoms with Crippen molar-refractivity contribution in [2.45, 2.75) is 44.6 Å². The number of hydrogen-bond donors (Lipinski definition) is 4. The van der Waals surface area contributed by atoms with Crippen molar-refractivity contribution < 1.29 is 19.8 Å². The summed E-state index contributed by atoms with van der Waals surface area (Å²) in [6.45, 7) is 2.48. The molecule has 1 aromatic rings. The Kier molecular flexibility index (Phi) is 10.9. The van der Waals surface area contributed by atoms with Crippen molar-refractivity contribution in [3.63, 3.8) is 0 Å². The molecule has 10 heteroatoms. The van der Waals surface area contributed by atoms with E-state index in [4.69, 9.17) is 0 Å². The van der Waals surface area contributed by atoms with Crippen LogP contribution in [0.1, 0.15) is 37.8 Å². The van der Waals surface area contributed by atoms with Crippen LogP contribution in [0.3, 0.4) is 0 Å². The maximum Gasteiger partial charge on any atom is 0.321 e. The molecule has 142 valence electrons. The van der Waals surface area contributed by atoms with Crippen LogP contribution >= 0.6 is 0 Å². The molecule has 25 heavy (non-hydrogen) atoms. The first-order chi connectivity index (χ1) is 12.1. The molecule has 0 fully saturated rings. The van der Waals surface area contributed by atoms with Gasteiger partial charge in [-0.1, -0.05) is 12.8 Å². The van der Waals surface area contributed by atoms with E-state index < -0.39 is 17.1 Å². The van der Waals surface area contributed by atoms with E-state index in [1.54, 1.807) is 6.20 Å². The van der Waals surface area contributed by atoms with Crippen LogP contribution in [0.25, 0.3) is 0 Å². The maximum absolute atomic E-state index is 11.2. The fourth-order valence-electron chi connectivity index (χ4n) is 2.32. The van der Waals surface area contributed by atoms with Crippen molar-refractivity contribution in [3.05, 3.63) is 28.3 Å². The Balaban J connectivity index is 1.93. The summed E-state index contributed by atoms with van der Waals surface area (Å²) in [6.07, 6.45) is 7.98. The highest BCUT2D eigenvalue weighted by Gasteiger charge is 2.17. The number of aromatic nitrogens is 2. The molecule has 0 aromatic carbocycles. The number of unbranched alkanes of at least 4 members (excludes halogenated alkanes) is 3. The van der Waals surface area contributed by atoms with E-state index in [2.05, 4.69) is 25.4 Å². The molecule has 4 N–H and O–H groups in total. The fourth-order valence-corrected chi connectivity index (χ4v) is 2.32. The van der Waals surface area contributed by atoms with Gasteiger partial charge in [0.25, 0.3) is 5.09 Å². The van der Waals surface area contributed by atoms with Crippen LogP contribution in [0.4, 0.5) is 0 Å². The molecule has 0 radical (unpaired) electrons. The van der Waals surface area contributed by atoms with E-state index in [-0.39, 0.29) is 6.61 Å². The molecule has 0 bridgehead atoms. The number of carboxylic acids is 1. The number of carboxylic acid groups (broad SMARTS) is 1. The quantitative estimate of drug-likeness (QED) is 0.193. The van der Waals surface area contributed by atoms with E-state index in [1.807, 2.05) is 0 Å². The Morgan fingerprint density at radius 3 is 2.72 bits per heavy atom. The van der Waals surface area contributed by atoms with Crippen LogP contribution in [0.15, 0.2) is 12.5 Å². The lowest BCUT2D eigenvalue weighted by Gasteiger charge is -2.13. The number of rotatable bonds is 16. The van der Waals surface area contributed by atoms with E-state index in [0.717, 1.165) is 44.5 Å². The zero-order chi connectivity index (χ0) is 18.3. The third-order valence-corrected chi connectivity index (χ3v) is 3.64. The molecule has 0 aliphatic heterocycles. The van der Waals surface area contributed by atoms with Crippen molar-refractivity contribution in [2.24, 2.45) is 0 Å². The van der Waals surface area contributed by atoms with Gasteiger partial charge in [-0.05, 0) is 38.9 Å². The molecule has 0 unspecified atom stereocenters. The number of H-pyrrole nitrogens is 1. The molecule has 1 heterocycles. The molecule has 0 saturated heterocycles. The number of nitrogens with one attached hydrogen (secondary N) is 3. The molecule has 1 atom stereocenters. The molecule has 0 amide bonds. The zero-order valence-corrected chi connectivity index (χ0v) is 14.3. The van der Waals surface area contributed by atoms with Crippen molar-refractivity contribution in [3.8, 4) is 0 Å². The van der Waals surface area contributed by atoms with Crippen molar-refractivity contribution in [1.29, 1.82) is 0 Å². The highest BCUT2D eigenvalue weighted by atomic mass is 16.9. The predicted octanol–water partition coefficient (Wildman–Crippen LogP) is 0.743. The predicted molar refractivity (Wildman–Crippen MR) is 90.6 cm³/mol. The third kappa shape index (κ3) is 11.1. The Hall–Kier alpha value is -2.20. The summed E-state index contributed by atoms with van der Waals surface area (Å²) in [4.78, 5) is 32.2. The summed E-state index contributed by atoms with van der Waals surface area (Å²) in [5.41, 5.74) is 0.793. The first kappa shape index (κ1) is 20.8. The second kappa shape index (κ2) is 13.1. The number of carbonyl (C=O) groups is 1. The average molecular weight is 357 g/mol. The number of nitrogens with zero attached hydrogens (tertiary/aromatic N) is 2. The standard InChI is InChI=1S/C15H27N5O5/c21-15(22)14(10-13-11-17-12-19-13)18-8-5-7-16-6-3-1-2-4-9-25-20(23)24/h11-12,14,16,18H,1-10H2,(H,17,19)(H,21,22)/t14-/m0/s1. The van der Waals surface area contributed by atoms with E-state index in [0.29, 0.717) is 19.4 Å². The minimum absolute atomic E-state index is 0.162. The molecule has 1 rings (SSSR count). The van der Waals surface area contributed by atoms with Crippen molar-refractivity contribution >= 4 is 5.97 Å². The number of aliphatic carboxylic acids is 1. The minimum Gasteiger partial charge on any atom is -0.480 e. The van der Waals surface area contributed by atoms with Gasteiger partial charge in [0.2, 0.25) is 0 Å². The maximum atomic E-state index is 11.2. The van der Waals surface area contributed by atoms with Gasteiger partial charge in [0, 0.05) is 18.3 Å². The third-order valence-electron chi connectivity index (χ3n) is 3.64. The van der Waals surface area contributed by atoms with E-state index >= 15 is 0 Å². The second-order valence-corrected chi connectivity index (χ2v) is 5.70. The molecular weight excluding hydrogens is 330 g/mol. The summed E-state index contributed by atoms with van der Waals surface area (Å²) in [6, 6.07) is -0.623. The Morgan fingerprint density at radius 1 is 1.28 bits per heavy atom. The molecule has 0 spiro atoms. The number of hydrogen-bond acceptors (Lipinski definition) is 7. The highest BCUT2D eigenvalue weighted by molar-refractivity contribution is 5.73. The largest absolute Gasteiger partial charge is 0.480 e. The van der Waals surface area contributed by atoms with Crippen LogP contribution in [0.5, 0.6) is 0 Å². The first-order valence-corrected chi connectivity index (χ1v) is 8.51. The Labute approximate surface area is 146 Å². The lowest BCUT2D eigenvalue weighted by Crippen LogP contribution is -2.39. The Bertz CT molecular complexity index is 483.